The summed E-state index contributed by atoms with van der Waals surface area (Å²) in [5.74, 6) is -0.157. The second kappa shape index (κ2) is 8.43. The van der Waals surface area contributed by atoms with E-state index in [1.165, 1.54) is 17.0 Å². The van der Waals surface area contributed by atoms with Crippen LogP contribution < -0.4 is 10.3 Å². The van der Waals surface area contributed by atoms with Crippen molar-refractivity contribution in [2.24, 2.45) is 5.10 Å². The molecule has 1 amide bonds. The SMILES string of the molecule is CCN(CC)c1ccc(/C=N\NC(=O)Cc2nc(C)cs2)cc1. The third-order valence-electron chi connectivity index (χ3n) is 3.40. The van der Waals surface area contributed by atoms with Gasteiger partial charge in [0.1, 0.15) is 5.01 Å². The molecule has 23 heavy (non-hydrogen) atoms. The van der Waals surface area contributed by atoms with Crippen LogP contribution >= 0.6 is 11.3 Å². The molecule has 0 aliphatic carbocycles. The molecule has 0 aliphatic rings. The molecule has 0 bridgehead atoms. The first kappa shape index (κ1) is 17.1. The van der Waals surface area contributed by atoms with E-state index in [0.29, 0.717) is 0 Å². The van der Waals surface area contributed by atoms with Gasteiger partial charge in [0, 0.05) is 29.9 Å². The summed E-state index contributed by atoms with van der Waals surface area (Å²) in [4.78, 5) is 18.3. The third kappa shape index (κ3) is 5.17. The van der Waals surface area contributed by atoms with E-state index < -0.39 is 0 Å². The first-order chi connectivity index (χ1) is 11.1. The topological polar surface area (TPSA) is 57.6 Å². The number of hydrazone groups is 1. The van der Waals surface area contributed by atoms with Crippen LogP contribution in [0.3, 0.4) is 0 Å². The number of carbonyl (C=O) groups is 1. The van der Waals surface area contributed by atoms with Crippen LogP contribution in [0.4, 0.5) is 5.69 Å². The number of aromatic nitrogens is 1. The third-order valence-corrected chi connectivity index (χ3v) is 4.37. The zero-order valence-corrected chi connectivity index (χ0v) is 14.6. The number of nitrogens with one attached hydrogen (secondary N) is 1. The highest BCUT2D eigenvalue weighted by molar-refractivity contribution is 7.09. The van der Waals surface area contributed by atoms with E-state index in [1.54, 1.807) is 6.21 Å². The van der Waals surface area contributed by atoms with Crippen molar-refractivity contribution in [1.29, 1.82) is 0 Å². The molecule has 2 aromatic rings. The number of rotatable bonds is 7. The van der Waals surface area contributed by atoms with Crippen molar-refractivity contribution >= 4 is 29.1 Å². The van der Waals surface area contributed by atoms with E-state index in [4.69, 9.17) is 0 Å². The Balaban J connectivity index is 1.86. The van der Waals surface area contributed by atoms with E-state index in [-0.39, 0.29) is 12.3 Å². The second-order valence-corrected chi connectivity index (χ2v) is 6.06. The first-order valence-electron chi connectivity index (χ1n) is 7.70. The number of nitrogens with zero attached hydrogens (tertiary/aromatic N) is 3. The molecule has 0 radical (unpaired) electrons. The summed E-state index contributed by atoms with van der Waals surface area (Å²) >= 11 is 1.49. The van der Waals surface area contributed by atoms with Gasteiger partial charge in [-0.25, -0.2) is 10.4 Å². The standard InChI is InChI=1S/C17H22N4OS/c1-4-21(5-2)15-8-6-14(7-9-15)11-18-20-16(22)10-17-19-13(3)12-23-17/h6-9,11-12H,4-5,10H2,1-3H3,(H,20,22)/b18-11-. The number of amides is 1. The molecule has 0 saturated heterocycles. The van der Waals surface area contributed by atoms with Gasteiger partial charge in [-0.05, 0) is 38.5 Å². The number of carbonyl (C=O) groups excluding carboxylic acids is 1. The van der Waals surface area contributed by atoms with Gasteiger partial charge in [0.15, 0.2) is 0 Å². The number of hydrogen-bond acceptors (Lipinski definition) is 5. The van der Waals surface area contributed by atoms with E-state index in [2.05, 4.69) is 46.4 Å². The van der Waals surface area contributed by atoms with Crippen LogP contribution in [-0.4, -0.2) is 30.2 Å². The molecule has 2 rings (SSSR count). The minimum Gasteiger partial charge on any atom is -0.372 e. The summed E-state index contributed by atoms with van der Waals surface area (Å²) in [7, 11) is 0. The van der Waals surface area contributed by atoms with Crippen molar-refractivity contribution < 1.29 is 4.79 Å². The average Bonchev–Trinajstić information content (AvgIpc) is 2.95. The molecule has 1 aromatic heterocycles. The van der Waals surface area contributed by atoms with Crippen LogP contribution in [0.1, 0.15) is 30.1 Å². The number of anilines is 1. The van der Waals surface area contributed by atoms with E-state index in [1.807, 2.05) is 24.4 Å². The van der Waals surface area contributed by atoms with Gasteiger partial charge in [0.25, 0.3) is 0 Å². The van der Waals surface area contributed by atoms with Crippen LogP contribution in [0.25, 0.3) is 0 Å². The molecular formula is C17H22N4OS. The maximum Gasteiger partial charge on any atom is 0.246 e. The Morgan fingerprint density at radius 1 is 1.30 bits per heavy atom. The van der Waals surface area contributed by atoms with Gasteiger partial charge in [-0.15, -0.1) is 11.3 Å². The smallest absolute Gasteiger partial charge is 0.246 e. The largest absolute Gasteiger partial charge is 0.372 e. The summed E-state index contributed by atoms with van der Waals surface area (Å²) in [6.07, 6.45) is 1.91. The van der Waals surface area contributed by atoms with Crippen molar-refractivity contribution in [3.63, 3.8) is 0 Å². The molecule has 0 saturated carbocycles. The van der Waals surface area contributed by atoms with Gasteiger partial charge in [-0.3, -0.25) is 4.79 Å². The Hall–Kier alpha value is -2.21. The molecule has 6 heteroatoms. The minimum absolute atomic E-state index is 0.157. The molecule has 1 aromatic carbocycles. The maximum atomic E-state index is 11.8. The first-order valence-corrected chi connectivity index (χ1v) is 8.58. The number of hydrogen-bond donors (Lipinski definition) is 1. The van der Waals surface area contributed by atoms with E-state index in [0.717, 1.165) is 29.4 Å². The Bertz CT molecular complexity index is 659. The fourth-order valence-corrected chi connectivity index (χ4v) is 2.97. The van der Waals surface area contributed by atoms with Gasteiger partial charge in [-0.2, -0.15) is 5.10 Å². The van der Waals surface area contributed by atoms with Crippen LogP contribution in [-0.2, 0) is 11.2 Å². The Labute approximate surface area is 141 Å². The summed E-state index contributed by atoms with van der Waals surface area (Å²) < 4.78 is 0. The zero-order chi connectivity index (χ0) is 16.7. The van der Waals surface area contributed by atoms with Crippen LogP contribution in [0, 0.1) is 6.92 Å². The Morgan fingerprint density at radius 2 is 2.00 bits per heavy atom. The highest BCUT2D eigenvalue weighted by Gasteiger charge is 2.05. The molecule has 122 valence electrons. The van der Waals surface area contributed by atoms with Crippen molar-refractivity contribution in [1.82, 2.24) is 10.4 Å². The van der Waals surface area contributed by atoms with Gasteiger partial charge in [0.2, 0.25) is 5.91 Å². The summed E-state index contributed by atoms with van der Waals surface area (Å²) in [5, 5.41) is 6.74. The molecule has 1 N–H and O–H groups in total. The highest BCUT2D eigenvalue weighted by atomic mass is 32.1. The summed E-state index contributed by atoms with van der Waals surface area (Å²) in [5.41, 5.74) is 5.62. The van der Waals surface area contributed by atoms with Crippen LogP contribution in [0.15, 0.2) is 34.7 Å². The molecule has 0 atom stereocenters. The number of aryl methyl sites for hydroxylation is 1. The van der Waals surface area contributed by atoms with Crippen molar-refractivity contribution in [3.05, 3.63) is 45.9 Å². The number of thiazole rings is 1. The fraction of sp³-hybridized carbons (Fsp3) is 0.353. The highest BCUT2D eigenvalue weighted by Crippen LogP contribution is 2.14. The average molecular weight is 330 g/mol. The quantitative estimate of drug-likeness (QED) is 0.627. The molecule has 0 fully saturated rings. The monoisotopic (exact) mass is 330 g/mol. The lowest BCUT2D eigenvalue weighted by atomic mass is 10.2. The molecule has 0 unspecified atom stereocenters. The van der Waals surface area contributed by atoms with Gasteiger partial charge >= 0.3 is 0 Å². The van der Waals surface area contributed by atoms with Crippen LogP contribution in [0.5, 0.6) is 0 Å². The second-order valence-electron chi connectivity index (χ2n) is 5.12. The van der Waals surface area contributed by atoms with Crippen molar-refractivity contribution in [2.75, 3.05) is 18.0 Å². The van der Waals surface area contributed by atoms with Crippen LogP contribution in [0.2, 0.25) is 0 Å². The molecule has 0 aliphatic heterocycles. The molecular weight excluding hydrogens is 308 g/mol. The zero-order valence-electron chi connectivity index (χ0n) is 13.7. The lowest BCUT2D eigenvalue weighted by Gasteiger charge is -2.20. The van der Waals surface area contributed by atoms with E-state index in [9.17, 15) is 4.79 Å². The van der Waals surface area contributed by atoms with E-state index >= 15 is 0 Å². The van der Waals surface area contributed by atoms with Crippen molar-refractivity contribution in [3.8, 4) is 0 Å². The predicted octanol–water partition coefficient (Wildman–Crippen LogP) is 2.99. The van der Waals surface area contributed by atoms with Gasteiger partial charge in [-0.1, -0.05) is 12.1 Å². The Kier molecular flexibility index (Phi) is 6.29. The normalized spacial score (nSPS) is 10.9. The maximum absolute atomic E-state index is 11.8. The molecule has 1 heterocycles. The predicted molar refractivity (Wildman–Crippen MR) is 96.3 cm³/mol. The van der Waals surface area contributed by atoms with Gasteiger partial charge < -0.3 is 4.90 Å². The lowest BCUT2D eigenvalue weighted by Crippen LogP contribution is -2.21. The summed E-state index contributed by atoms with van der Waals surface area (Å²) in [6.45, 7) is 8.15. The van der Waals surface area contributed by atoms with Crippen molar-refractivity contribution in [2.45, 2.75) is 27.2 Å². The minimum atomic E-state index is -0.157. The molecule has 0 spiro atoms. The lowest BCUT2D eigenvalue weighted by molar-refractivity contribution is -0.120. The fourth-order valence-electron chi connectivity index (χ4n) is 2.20. The summed E-state index contributed by atoms with van der Waals surface area (Å²) in [6, 6.07) is 8.12. The van der Waals surface area contributed by atoms with Gasteiger partial charge in [0.05, 0.1) is 12.6 Å². The Morgan fingerprint density at radius 3 is 2.57 bits per heavy atom. The molecule has 5 nitrogen and oxygen atoms in total. The number of benzene rings is 1.